The molecule has 3 nitrogen and oxygen atoms in total. The first kappa shape index (κ1) is 35.6. The third-order valence-electron chi connectivity index (χ3n) is 5.25. The maximum atomic E-state index is 11.1. The minimum absolute atomic E-state index is 0.266. The van der Waals surface area contributed by atoms with Gasteiger partial charge in [0.2, 0.25) is 0 Å². The predicted octanol–water partition coefficient (Wildman–Crippen LogP) is 8.89. The Balaban J connectivity index is 0. The SMILES string of the molecule is C=CCC.CC(=O)CC(C)CCc1ccc(C)cc1Cl.CC=O.CCC(=O)CCc1ccc(C)cc1. The summed E-state index contributed by atoms with van der Waals surface area (Å²) in [4.78, 5) is 30.8. The smallest absolute Gasteiger partial charge is 0.132 e. The predicted molar refractivity (Wildman–Crippen MR) is 156 cm³/mol. The summed E-state index contributed by atoms with van der Waals surface area (Å²) in [6.45, 7) is 16.8. The van der Waals surface area contributed by atoms with E-state index in [1.165, 1.54) is 29.2 Å². The molecule has 0 fully saturated rings. The van der Waals surface area contributed by atoms with Crippen LogP contribution in [-0.4, -0.2) is 17.9 Å². The molecule has 0 saturated carbocycles. The molecule has 0 amide bonds. The van der Waals surface area contributed by atoms with Gasteiger partial charge in [-0.05, 0) is 82.1 Å². The molecule has 2 aromatic rings. The molecule has 1 unspecified atom stereocenters. The van der Waals surface area contributed by atoms with Crippen molar-refractivity contribution in [3.8, 4) is 0 Å². The van der Waals surface area contributed by atoms with E-state index in [9.17, 15) is 9.59 Å². The number of Topliss-reactive ketones (excluding diaryl/α,β-unsaturated/α-hetero) is 2. The summed E-state index contributed by atoms with van der Waals surface area (Å²) in [7, 11) is 0. The minimum atomic E-state index is 0.266. The van der Waals surface area contributed by atoms with E-state index < -0.39 is 0 Å². The van der Waals surface area contributed by atoms with Crippen LogP contribution in [-0.2, 0) is 27.2 Å². The highest BCUT2D eigenvalue weighted by atomic mass is 35.5. The highest BCUT2D eigenvalue weighted by Crippen LogP contribution is 2.21. The summed E-state index contributed by atoms with van der Waals surface area (Å²) < 4.78 is 0. The Bertz CT molecular complexity index is 885. The van der Waals surface area contributed by atoms with E-state index in [2.05, 4.69) is 63.7 Å². The zero-order valence-corrected chi connectivity index (χ0v) is 24.3. The molecule has 0 bridgehead atoms. The van der Waals surface area contributed by atoms with Gasteiger partial charge in [0.25, 0.3) is 0 Å². The van der Waals surface area contributed by atoms with Gasteiger partial charge in [0.15, 0.2) is 0 Å². The van der Waals surface area contributed by atoms with Crippen LogP contribution in [0.5, 0.6) is 0 Å². The maximum absolute atomic E-state index is 11.1. The van der Waals surface area contributed by atoms with E-state index in [1.54, 1.807) is 6.92 Å². The van der Waals surface area contributed by atoms with Crippen LogP contribution in [0.2, 0.25) is 5.02 Å². The minimum Gasteiger partial charge on any atom is -0.304 e. The van der Waals surface area contributed by atoms with Gasteiger partial charge in [-0.25, -0.2) is 0 Å². The number of aryl methyl sites for hydroxylation is 4. The molecule has 0 spiro atoms. The third-order valence-corrected chi connectivity index (χ3v) is 5.60. The van der Waals surface area contributed by atoms with E-state index in [1.807, 2.05) is 26.0 Å². The third kappa shape index (κ3) is 20.8. The van der Waals surface area contributed by atoms with Gasteiger partial charge in [-0.2, -0.15) is 0 Å². The van der Waals surface area contributed by atoms with Crippen LogP contribution in [0.3, 0.4) is 0 Å². The lowest BCUT2D eigenvalue weighted by Gasteiger charge is -2.10. The second kappa shape index (κ2) is 22.9. The normalized spacial score (nSPS) is 10.2. The van der Waals surface area contributed by atoms with Crippen LogP contribution in [0.15, 0.2) is 55.1 Å². The number of halogens is 1. The Morgan fingerprint density at radius 1 is 1.00 bits per heavy atom. The van der Waals surface area contributed by atoms with Crippen LogP contribution < -0.4 is 0 Å². The molecule has 0 aliphatic heterocycles. The summed E-state index contributed by atoms with van der Waals surface area (Å²) >= 11 is 6.15. The lowest BCUT2D eigenvalue weighted by molar-refractivity contribution is -0.119. The molecule has 0 aromatic heterocycles. The molecule has 0 radical (unpaired) electrons. The molecule has 0 saturated heterocycles. The molecule has 2 aromatic carbocycles. The number of benzene rings is 2. The van der Waals surface area contributed by atoms with Crippen molar-refractivity contribution >= 4 is 29.5 Å². The average molecular weight is 515 g/mol. The van der Waals surface area contributed by atoms with Crippen LogP contribution in [0.4, 0.5) is 0 Å². The summed E-state index contributed by atoms with van der Waals surface area (Å²) in [6, 6.07) is 14.5. The number of hydrogen-bond donors (Lipinski definition) is 0. The first-order valence-electron chi connectivity index (χ1n) is 12.9. The van der Waals surface area contributed by atoms with Crippen molar-refractivity contribution < 1.29 is 14.4 Å². The van der Waals surface area contributed by atoms with Crippen molar-refractivity contribution in [2.24, 2.45) is 5.92 Å². The molecule has 1 atom stereocenters. The van der Waals surface area contributed by atoms with Gasteiger partial charge in [0, 0.05) is 24.3 Å². The number of rotatable bonds is 10. The fraction of sp³-hybridized carbons (Fsp3) is 0.469. The number of hydrogen-bond acceptors (Lipinski definition) is 3. The van der Waals surface area contributed by atoms with Crippen LogP contribution in [0, 0.1) is 19.8 Å². The molecule has 0 aliphatic carbocycles. The fourth-order valence-corrected chi connectivity index (χ4v) is 3.39. The molecule has 36 heavy (non-hydrogen) atoms. The Morgan fingerprint density at radius 2 is 1.53 bits per heavy atom. The van der Waals surface area contributed by atoms with Gasteiger partial charge in [0.1, 0.15) is 17.9 Å². The van der Waals surface area contributed by atoms with Gasteiger partial charge in [-0.15, -0.1) is 6.58 Å². The molecular formula is C32H47ClO3. The first-order chi connectivity index (χ1) is 17.0. The zero-order valence-electron chi connectivity index (χ0n) is 23.5. The van der Waals surface area contributed by atoms with Crippen LogP contribution in [0.1, 0.15) is 89.0 Å². The molecular weight excluding hydrogens is 468 g/mol. The van der Waals surface area contributed by atoms with E-state index in [4.69, 9.17) is 16.4 Å². The van der Waals surface area contributed by atoms with E-state index in [0.29, 0.717) is 31.0 Å². The fourth-order valence-electron chi connectivity index (χ4n) is 3.07. The van der Waals surface area contributed by atoms with E-state index >= 15 is 0 Å². The van der Waals surface area contributed by atoms with Crippen LogP contribution >= 0.6 is 11.6 Å². The molecule has 200 valence electrons. The highest BCUT2D eigenvalue weighted by molar-refractivity contribution is 6.31. The van der Waals surface area contributed by atoms with Gasteiger partial charge < -0.3 is 9.59 Å². The Hall–Kier alpha value is -2.52. The van der Waals surface area contributed by atoms with Crippen molar-refractivity contribution in [1.82, 2.24) is 0 Å². The van der Waals surface area contributed by atoms with Crippen molar-refractivity contribution in [2.75, 3.05) is 0 Å². The number of carbonyl (C=O) groups excluding carboxylic acids is 3. The van der Waals surface area contributed by atoms with Gasteiger partial charge in [0.05, 0.1) is 0 Å². The lowest BCUT2D eigenvalue weighted by atomic mass is 9.96. The molecule has 2 rings (SSSR count). The summed E-state index contributed by atoms with van der Waals surface area (Å²) in [5.74, 6) is 1.05. The van der Waals surface area contributed by atoms with Crippen molar-refractivity contribution in [2.45, 2.75) is 93.4 Å². The van der Waals surface area contributed by atoms with Crippen LogP contribution in [0.25, 0.3) is 0 Å². The number of carbonyl (C=O) groups is 3. The second-order valence-corrected chi connectivity index (χ2v) is 9.36. The quantitative estimate of drug-likeness (QED) is 0.235. The molecule has 4 heteroatoms. The monoisotopic (exact) mass is 514 g/mol. The van der Waals surface area contributed by atoms with Gasteiger partial charge in [-0.3, -0.25) is 4.79 Å². The molecule has 0 N–H and O–H groups in total. The van der Waals surface area contributed by atoms with Crippen molar-refractivity contribution in [3.63, 3.8) is 0 Å². The van der Waals surface area contributed by atoms with Crippen molar-refractivity contribution in [3.05, 3.63) is 82.4 Å². The number of aldehydes is 1. The highest BCUT2D eigenvalue weighted by Gasteiger charge is 2.07. The van der Waals surface area contributed by atoms with E-state index in [0.717, 1.165) is 37.0 Å². The largest absolute Gasteiger partial charge is 0.304 e. The van der Waals surface area contributed by atoms with Gasteiger partial charge >= 0.3 is 0 Å². The topological polar surface area (TPSA) is 51.2 Å². The summed E-state index contributed by atoms with van der Waals surface area (Å²) in [5.41, 5.74) is 4.89. The summed E-state index contributed by atoms with van der Waals surface area (Å²) in [5, 5.41) is 0.843. The standard InChI is InChI=1S/C14H19ClO.C12H16O.C4H8.C2H4O/c1-10(8-12(3)16)4-6-13-7-5-11(2)9-14(13)15;1-3-12(13)9-8-11-6-4-10(2)5-7-11;1-3-4-2;1-2-3/h5,7,9-10H,4,6,8H2,1-3H3;4-7H,3,8-9H2,1-2H3;3H,1,4H2,2H3;2H,1H3. The zero-order chi connectivity index (χ0) is 27.9. The van der Waals surface area contributed by atoms with E-state index in [-0.39, 0.29) is 5.78 Å². The first-order valence-corrected chi connectivity index (χ1v) is 13.2. The van der Waals surface area contributed by atoms with Gasteiger partial charge in [-0.1, -0.05) is 80.4 Å². The maximum Gasteiger partial charge on any atom is 0.132 e. The Labute approximate surface area is 225 Å². The molecule has 0 aliphatic rings. The summed E-state index contributed by atoms with van der Waals surface area (Å²) in [6.07, 6.45) is 8.57. The van der Waals surface area contributed by atoms with Crippen molar-refractivity contribution in [1.29, 1.82) is 0 Å². The Morgan fingerprint density at radius 3 is 1.97 bits per heavy atom. The second-order valence-electron chi connectivity index (χ2n) is 8.96. The number of ketones is 2. The molecule has 0 heterocycles. The number of allylic oxidation sites excluding steroid dienone is 1. The Kier molecular flexibility index (Phi) is 22.7. The average Bonchev–Trinajstić information content (AvgIpc) is 2.83. The lowest BCUT2D eigenvalue weighted by Crippen LogP contribution is -2.03.